The van der Waals surface area contributed by atoms with Crippen LogP contribution in [0.1, 0.15) is 48.0 Å². The number of hydrogen-bond donors (Lipinski definition) is 2. The van der Waals surface area contributed by atoms with E-state index >= 15 is 0 Å². The first-order valence-electron chi connectivity index (χ1n) is 7.28. The molecular weight excluding hydrogens is 282 g/mol. The van der Waals surface area contributed by atoms with Gasteiger partial charge in [0.15, 0.2) is 0 Å². The van der Waals surface area contributed by atoms with Crippen LogP contribution in [-0.4, -0.2) is 17.4 Å². The fourth-order valence-electron chi connectivity index (χ4n) is 1.99. The van der Waals surface area contributed by atoms with Crippen molar-refractivity contribution in [2.24, 2.45) is 0 Å². The van der Waals surface area contributed by atoms with Gasteiger partial charge >= 0.3 is 0 Å². The average molecular weight is 303 g/mol. The average Bonchev–Trinajstić information content (AvgIpc) is 3.05. The number of nitrogens with zero attached hydrogens (tertiary/aromatic N) is 1. The van der Waals surface area contributed by atoms with Gasteiger partial charge in [0.05, 0.1) is 11.6 Å². The maximum atomic E-state index is 12.3. The van der Waals surface area contributed by atoms with E-state index in [2.05, 4.69) is 35.5 Å². The van der Waals surface area contributed by atoms with Gasteiger partial charge in [-0.25, -0.2) is 4.98 Å². The van der Waals surface area contributed by atoms with Gasteiger partial charge in [-0.05, 0) is 36.4 Å². The Morgan fingerprint density at radius 1 is 1.33 bits per heavy atom. The van der Waals surface area contributed by atoms with Crippen molar-refractivity contribution < 1.29 is 4.79 Å². The van der Waals surface area contributed by atoms with E-state index < -0.39 is 0 Å². The SMILES string of the molecule is CCCNc1ccc(C(=O)NC(CC)c2cccs2)cn1. The largest absolute Gasteiger partial charge is 0.370 e. The Kier molecular flexibility index (Phi) is 5.75. The van der Waals surface area contributed by atoms with Crippen LogP contribution in [0, 0.1) is 0 Å². The quantitative estimate of drug-likeness (QED) is 0.817. The Balaban J connectivity index is 1.99. The Morgan fingerprint density at radius 2 is 2.19 bits per heavy atom. The van der Waals surface area contributed by atoms with Crippen molar-refractivity contribution in [3.63, 3.8) is 0 Å². The molecule has 0 fully saturated rings. The maximum absolute atomic E-state index is 12.3. The highest BCUT2D eigenvalue weighted by atomic mass is 32.1. The minimum atomic E-state index is -0.0789. The van der Waals surface area contributed by atoms with Gasteiger partial charge in [-0.15, -0.1) is 11.3 Å². The molecule has 0 saturated carbocycles. The van der Waals surface area contributed by atoms with Crippen LogP contribution in [0.15, 0.2) is 35.8 Å². The second kappa shape index (κ2) is 7.78. The number of thiophene rings is 1. The number of anilines is 1. The molecule has 1 atom stereocenters. The standard InChI is InChI=1S/C16H21N3OS/c1-3-9-17-15-8-7-12(11-18-15)16(20)19-13(4-2)14-6-5-10-21-14/h5-8,10-11,13H,3-4,9H2,1-2H3,(H,17,18)(H,19,20). The van der Waals surface area contributed by atoms with E-state index in [1.54, 1.807) is 17.5 Å². The molecule has 112 valence electrons. The second-order valence-electron chi connectivity index (χ2n) is 4.81. The van der Waals surface area contributed by atoms with Crippen molar-refractivity contribution in [3.05, 3.63) is 46.3 Å². The van der Waals surface area contributed by atoms with Gasteiger partial charge in [-0.3, -0.25) is 4.79 Å². The number of carbonyl (C=O) groups excluding carboxylic acids is 1. The maximum Gasteiger partial charge on any atom is 0.253 e. The predicted octanol–water partition coefficient (Wildman–Crippen LogP) is 3.85. The molecule has 0 aliphatic rings. The minimum absolute atomic E-state index is 0.0652. The molecule has 1 amide bonds. The topological polar surface area (TPSA) is 54.0 Å². The zero-order valence-electron chi connectivity index (χ0n) is 12.4. The van der Waals surface area contributed by atoms with Crippen LogP contribution < -0.4 is 10.6 Å². The second-order valence-corrected chi connectivity index (χ2v) is 5.79. The molecule has 0 bridgehead atoms. The Bertz CT molecular complexity index is 551. The van der Waals surface area contributed by atoms with E-state index in [1.165, 1.54) is 4.88 Å². The lowest BCUT2D eigenvalue weighted by molar-refractivity contribution is 0.0936. The lowest BCUT2D eigenvalue weighted by Crippen LogP contribution is -2.27. The first-order valence-corrected chi connectivity index (χ1v) is 8.16. The van der Waals surface area contributed by atoms with Crippen molar-refractivity contribution in [2.45, 2.75) is 32.7 Å². The summed E-state index contributed by atoms with van der Waals surface area (Å²) in [6.07, 6.45) is 3.53. The number of pyridine rings is 1. The van der Waals surface area contributed by atoms with Crippen molar-refractivity contribution in [3.8, 4) is 0 Å². The number of amides is 1. The van der Waals surface area contributed by atoms with E-state index in [4.69, 9.17) is 0 Å². The number of carbonyl (C=O) groups is 1. The molecule has 0 aliphatic carbocycles. The Labute approximate surface area is 129 Å². The van der Waals surface area contributed by atoms with Gasteiger partial charge in [-0.1, -0.05) is 19.9 Å². The van der Waals surface area contributed by atoms with Gasteiger partial charge in [0.2, 0.25) is 0 Å². The molecule has 0 radical (unpaired) electrons. The zero-order chi connectivity index (χ0) is 15.1. The minimum Gasteiger partial charge on any atom is -0.370 e. The molecule has 2 aromatic heterocycles. The Morgan fingerprint density at radius 3 is 2.76 bits per heavy atom. The van der Waals surface area contributed by atoms with E-state index in [9.17, 15) is 4.79 Å². The molecule has 0 spiro atoms. The molecule has 0 aromatic carbocycles. The van der Waals surface area contributed by atoms with Gasteiger partial charge in [0.25, 0.3) is 5.91 Å². The predicted molar refractivity (Wildman–Crippen MR) is 87.8 cm³/mol. The van der Waals surface area contributed by atoms with E-state index in [-0.39, 0.29) is 11.9 Å². The van der Waals surface area contributed by atoms with Gasteiger partial charge < -0.3 is 10.6 Å². The van der Waals surface area contributed by atoms with E-state index in [0.717, 1.165) is 25.2 Å². The summed E-state index contributed by atoms with van der Waals surface area (Å²) < 4.78 is 0. The molecule has 21 heavy (non-hydrogen) atoms. The van der Waals surface area contributed by atoms with Gasteiger partial charge in [0, 0.05) is 17.6 Å². The molecule has 5 heteroatoms. The molecule has 2 heterocycles. The summed E-state index contributed by atoms with van der Waals surface area (Å²) in [5.74, 6) is 0.725. The number of hydrogen-bond acceptors (Lipinski definition) is 4. The summed E-state index contributed by atoms with van der Waals surface area (Å²) in [5.41, 5.74) is 0.590. The molecule has 0 aliphatic heterocycles. The van der Waals surface area contributed by atoms with Crippen molar-refractivity contribution in [1.29, 1.82) is 0 Å². The summed E-state index contributed by atoms with van der Waals surface area (Å²) in [6.45, 7) is 5.06. The smallest absolute Gasteiger partial charge is 0.253 e. The summed E-state index contributed by atoms with van der Waals surface area (Å²) in [4.78, 5) is 17.7. The molecule has 2 rings (SSSR count). The van der Waals surface area contributed by atoms with E-state index in [0.29, 0.717) is 5.56 Å². The van der Waals surface area contributed by atoms with Gasteiger partial charge in [0.1, 0.15) is 5.82 Å². The lowest BCUT2D eigenvalue weighted by atomic mass is 10.1. The van der Waals surface area contributed by atoms with Crippen molar-refractivity contribution in [2.75, 3.05) is 11.9 Å². The fraction of sp³-hybridized carbons (Fsp3) is 0.375. The summed E-state index contributed by atoms with van der Waals surface area (Å²) in [6, 6.07) is 7.77. The first kappa shape index (κ1) is 15.5. The fourth-order valence-corrected chi connectivity index (χ4v) is 2.85. The molecular formula is C16H21N3OS. The van der Waals surface area contributed by atoms with Crippen LogP contribution in [0.3, 0.4) is 0 Å². The molecule has 0 saturated heterocycles. The first-order chi connectivity index (χ1) is 10.2. The summed E-state index contributed by atoms with van der Waals surface area (Å²) >= 11 is 1.66. The number of rotatable bonds is 7. The zero-order valence-corrected chi connectivity index (χ0v) is 13.2. The number of nitrogens with one attached hydrogen (secondary N) is 2. The third-order valence-corrected chi connectivity index (χ3v) is 4.17. The van der Waals surface area contributed by atoms with E-state index in [1.807, 2.05) is 23.6 Å². The van der Waals surface area contributed by atoms with Crippen LogP contribution in [0.2, 0.25) is 0 Å². The van der Waals surface area contributed by atoms with Crippen LogP contribution in [0.5, 0.6) is 0 Å². The highest BCUT2D eigenvalue weighted by molar-refractivity contribution is 7.10. The number of aromatic nitrogens is 1. The van der Waals surface area contributed by atoms with Crippen LogP contribution in [0.25, 0.3) is 0 Å². The van der Waals surface area contributed by atoms with Crippen LogP contribution >= 0.6 is 11.3 Å². The molecule has 1 unspecified atom stereocenters. The summed E-state index contributed by atoms with van der Waals surface area (Å²) in [7, 11) is 0. The van der Waals surface area contributed by atoms with Crippen LogP contribution in [-0.2, 0) is 0 Å². The monoisotopic (exact) mass is 303 g/mol. The van der Waals surface area contributed by atoms with Gasteiger partial charge in [-0.2, -0.15) is 0 Å². The van der Waals surface area contributed by atoms with Crippen molar-refractivity contribution in [1.82, 2.24) is 10.3 Å². The summed E-state index contributed by atoms with van der Waals surface area (Å²) in [5, 5.41) is 8.28. The third-order valence-electron chi connectivity index (χ3n) is 3.18. The molecule has 2 aromatic rings. The molecule has 2 N–H and O–H groups in total. The van der Waals surface area contributed by atoms with Crippen LogP contribution in [0.4, 0.5) is 5.82 Å². The normalized spacial score (nSPS) is 11.9. The highest BCUT2D eigenvalue weighted by Crippen LogP contribution is 2.22. The molecule has 4 nitrogen and oxygen atoms in total. The highest BCUT2D eigenvalue weighted by Gasteiger charge is 2.15. The van der Waals surface area contributed by atoms with Crippen molar-refractivity contribution >= 4 is 23.1 Å². The Hall–Kier alpha value is -1.88. The third kappa shape index (κ3) is 4.29. The lowest BCUT2D eigenvalue weighted by Gasteiger charge is -2.15.